The Bertz CT molecular complexity index is 297. The molecule has 0 aliphatic rings. The van der Waals surface area contributed by atoms with Gasteiger partial charge in [0.05, 0.1) is 6.42 Å². The number of hydrogen-bond acceptors (Lipinski definition) is 3. The van der Waals surface area contributed by atoms with Crippen LogP contribution in [0.2, 0.25) is 0 Å². The molecule has 0 atom stereocenters. The van der Waals surface area contributed by atoms with Crippen LogP contribution in [-0.2, 0) is 11.2 Å². The van der Waals surface area contributed by atoms with E-state index in [4.69, 9.17) is 15.8 Å². The Morgan fingerprint density at radius 1 is 1.31 bits per heavy atom. The quantitative estimate of drug-likeness (QED) is 0.488. The molecule has 0 unspecified atom stereocenters. The number of carbonyl (C=O) groups is 1. The lowest BCUT2D eigenvalue weighted by Crippen LogP contribution is -2.29. The van der Waals surface area contributed by atoms with Gasteiger partial charge in [0.15, 0.2) is 0 Å². The maximum absolute atomic E-state index is 10.5. The molecule has 68 valence electrons. The van der Waals surface area contributed by atoms with Gasteiger partial charge in [-0.25, -0.2) is 0 Å². The van der Waals surface area contributed by atoms with Crippen LogP contribution in [0.25, 0.3) is 0 Å². The lowest BCUT2D eigenvalue weighted by molar-refractivity contribution is -0.117. The molecule has 4 nitrogen and oxygen atoms in total. The van der Waals surface area contributed by atoms with Gasteiger partial charge in [-0.05, 0) is 11.0 Å². The highest BCUT2D eigenvalue weighted by Gasteiger charge is 2.09. The number of benzene rings is 1. The summed E-state index contributed by atoms with van der Waals surface area (Å²) in [6.07, 6.45) is 0.168. The molecule has 1 amide bonds. The summed E-state index contributed by atoms with van der Waals surface area (Å²) < 4.78 is 0. The van der Waals surface area contributed by atoms with Crippen molar-refractivity contribution >= 4 is 18.5 Å². The van der Waals surface area contributed by atoms with Gasteiger partial charge < -0.3 is 15.8 Å². The molecule has 1 rings (SSSR count). The molecule has 0 aliphatic carbocycles. The van der Waals surface area contributed by atoms with Gasteiger partial charge in [-0.2, -0.15) is 0 Å². The lowest BCUT2D eigenvalue weighted by atomic mass is 9.80. The average molecular weight is 179 g/mol. The second-order valence-corrected chi connectivity index (χ2v) is 2.76. The van der Waals surface area contributed by atoms with Gasteiger partial charge in [0, 0.05) is 0 Å². The Morgan fingerprint density at radius 2 is 1.85 bits per heavy atom. The maximum atomic E-state index is 10.5. The van der Waals surface area contributed by atoms with Crippen LogP contribution in [0, 0.1) is 0 Å². The van der Waals surface area contributed by atoms with Gasteiger partial charge in [-0.3, -0.25) is 4.79 Å². The zero-order valence-electron chi connectivity index (χ0n) is 6.97. The molecule has 0 aromatic heterocycles. The summed E-state index contributed by atoms with van der Waals surface area (Å²) in [4.78, 5) is 10.5. The zero-order valence-corrected chi connectivity index (χ0v) is 6.97. The minimum atomic E-state index is -1.47. The monoisotopic (exact) mass is 179 g/mol. The third kappa shape index (κ3) is 2.89. The molecule has 0 saturated heterocycles. The van der Waals surface area contributed by atoms with Crippen molar-refractivity contribution in [3.8, 4) is 0 Å². The molecule has 4 N–H and O–H groups in total. The van der Waals surface area contributed by atoms with Crippen LogP contribution in [0.5, 0.6) is 0 Å². The molecule has 1 aromatic carbocycles. The van der Waals surface area contributed by atoms with E-state index < -0.39 is 13.0 Å². The normalized spacial score (nSPS) is 9.69. The number of amides is 1. The standard InChI is InChI=1S/C8H10BNO3/c10-8(11)5-6-1-3-7(4-2-6)9(12)13/h1-4,12-13H,5H2,(H2,10,11). The number of primary amides is 1. The van der Waals surface area contributed by atoms with Crippen molar-refractivity contribution in [2.24, 2.45) is 5.73 Å². The minimum Gasteiger partial charge on any atom is -0.423 e. The van der Waals surface area contributed by atoms with Crippen LogP contribution in [0.1, 0.15) is 5.56 Å². The molecule has 5 heteroatoms. The Balaban J connectivity index is 2.75. The van der Waals surface area contributed by atoms with Crippen molar-refractivity contribution in [1.29, 1.82) is 0 Å². The predicted octanol–water partition coefficient (Wildman–Crippen LogP) is -1.61. The molecule has 13 heavy (non-hydrogen) atoms. The van der Waals surface area contributed by atoms with Crippen LogP contribution in [-0.4, -0.2) is 23.1 Å². The first-order chi connectivity index (χ1) is 6.09. The van der Waals surface area contributed by atoms with Crippen molar-refractivity contribution < 1.29 is 14.8 Å². The number of rotatable bonds is 3. The molecule has 0 spiro atoms. The average Bonchev–Trinajstić information content (AvgIpc) is 2.04. The summed E-state index contributed by atoms with van der Waals surface area (Å²) >= 11 is 0. The van der Waals surface area contributed by atoms with E-state index in [0.29, 0.717) is 5.46 Å². The Hall–Kier alpha value is -1.33. The first-order valence-corrected chi connectivity index (χ1v) is 3.83. The lowest BCUT2D eigenvalue weighted by Gasteiger charge is -2.00. The number of hydrogen-bond donors (Lipinski definition) is 3. The summed E-state index contributed by atoms with van der Waals surface area (Å²) in [6.45, 7) is 0. The fourth-order valence-electron chi connectivity index (χ4n) is 1.01. The minimum absolute atomic E-state index is 0.168. The number of carbonyl (C=O) groups excluding carboxylic acids is 1. The van der Waals surface area contributed by atoms with Gasteiger partial charge in [-0.1, -0.05) is 24.3 Å². The zero-order chi connectivity index (χ0) is 9.84. The highest BCUT2D eigenvalue weighted by atomic mass is 16.4. The second kappa shape index (κ2) is 4.07. The van der Waals surface area contributed by atoms with Gasteiger partial charge in [0.1, 0.15) is 0 Å². The Morgan fingerprint density at radius 3 is 2.23 bits per heavy atom. The van der Waals surface area contributed by atoms with Crippen LogP contribution < -0.4 is 11.2 Å². The van der Waals surface area contributed by atoms with E-state index in [9.17, 15) is 4.79 Å². The van der Waals surface area contributed by atoms with E-state index in [1.165, 1.54) is 0 Å². The first-order valence-electron chi connectivity index (χ1n) is 3.83. The van der Waals surface area contributed by atoms with Crippen molar-refractivity contribution in [2.75, 3.05) is 0 Å². The number of nitrogens with two attached hydrogens (primary N) is 1. The molecule has 0 aliphatic heterocycles. The summed E-state index contributed by atoms with van der Waals surface area (Å²) in [5, 5.41) is 17.5. The smallest absolute Gasteiger partial charge is 0.423 e. The molecular formula is C8H10BNO3. The fourth-order valence-corrected chi connectivity index (χ4v) is 1.01. The SMILES string of the molecule is NC(=O)Cc1ccc(B(O)O)cc1. The summed E-state index contributed by atoms with van der Waals surface area (Å²) in [6, 6.07) is 6.37. The highest BCUT2D eigenvalue weighted by molar-refractivity contribution is 6.58. The van der Waals surface area contributed by atoms with E-state index in [0.717, 1.165) is 5.56 Å². The van der Waals surface area contributed by atoms with Crippen molar-refractivity contribution in [3.05, 3.63) is 29.8 Å². The van der Waals surface area contributed by atoms with Crippen LogP contribution in [0.4, 0.5) is 0 Å². The highest BCUT2D eigenvalue weighted by Crippen LogP contribution is 1.97. The van der Waals surface area contributed by atoms with Crippen molar-refractivity contribution in [2.45, 2.75) is 6.42 Å². The van der Waals surface area contributed by atoms with Gasteiger partial charge in [0.25, 0.3) is 0 Å². The van der Waals surface area contributed by atoms with Crippen molar-refractivity contribution in [3.63, 3.8) is 0 Å². The fraction of sp³-hybridized carbons (Fsp3) is 0.125. The van der Waals surface area contributed by atoms with E-state index in [1.54, 1.807) is 24.3 Å². The Kier molecular flexibility index (Phi) is 3.05. The molecule has 0 radical (unpaired) electrons. The largest absolute Gasteiger partial charge is 0.488 e. The Labute approximate surface area is 76.1 Å². The predicted molar refractivity (Wildman–Crippen MR) is 49.2 cm³/mol. The molecule has 0 fully saturated rings. The van der Waals surface area contributed by atoms with E-state index in [2.05, 4.69) is 0 Å². The molecule has 0 bridgehead atoms. The molecule has 0 heterocycles. The summed E-state index contributed by atoms with van der Waals surface area (Å²) in [7, 11) is -1.47. The van der Waals surface area contributed by atoms with Gasteiger partial charge >= 0.3 is 7.12 Å². The van der Waals surface area contributed by atoms with E-state index >= 15 is 0 Å². The topological polar surface area (TPSA) is 83.6 Å². The maximum Gasteiger partial charge on any atom is 0.488 e. The van der Waals surface area contributed by atoms with Crippen LogP contribution in [0.3, 0.4) is 0 Å². The second-order valence-electron chi connectivity index (χ2n) is 2.76. The summed E-state index contributed by atoms with van der Waals surface area (Å²) in [5.41, 5.74) is 6.14. The van der Waals surface area contributed by atoms with Crippen LogP contribution >= 0.6 is 0 Å². The van der Waals surface area contributed by atoms with E-state index in [1.807, 2.05) is 0 Å². The van der Waals surface area contributed by atoms with E-state index in [-0.39, 0.29) is 6.42 Å². The molecule has 0 saturated carbocycles. The summed E-state index contributed by atoms with van der Waals surface area (Å²) in [5.74, 6) is -0.405. The third-order valence-corrected chi connectivity index (χ3v) is 1.66. The third-order valence-electron chi connectivity index (χ3n) is 1.66. The molecular weight excluding hydrogens is 169 g/mol. The molecule has 1 aromatic rings. The van der Waals surface area contributed by atoms with Crippen LogP contribution in [0.15, 0.2) is 24.3 Å². The van der Waals surface area contributed by atoms with Gasteiger partial charge in [-0.15, -0.1) is 0 Å². The van der Waals surface area contributed by atoms with Crippen molar-refractivity contribution in [1.82, 2.24) is 0 Å². The first kappa shape index (κ1) is 9.76. The van der Waals surface area contributed by atoms with Gasteiger partial charge in [0.2, 0.25) is 5.91 Å².